The van der Waals surface area contributed by atoms with Gasteiger partial charge in [-0.15, -0.1) is 0 Å². The number of benzene rings is 1. The van der Waals surface area contributed by atoms with E-state index >= 15 is 0 Å². The highest BCUT2D eigenvalue weighted by atomic mass is 19.1. The Bertz CT molecular complexity index is 898. The van der Waals surface area contributed by atoms with E-state index in [0.29, 0.717) is 16.8 Å². The van der Waals surface area contributed by atoms with Gasteiger partial charge in [0.2, 0.25) is 0 Å². The number of nitrogens with one attached hydrogen (secondary N) is 1. The SMILES string of the molecule is O=C1Nc2ccc(F)cc2C1=Cc1ccc2cccccc1-2. The summed E-state index contributed by atoms with van der Waals surface area (Å²) < 4.78 is 13.5. The molecule has 1 heterocycles. The van der Waals surface area contributed by atoms with Crippen LogP contribution >= 0.6 is 0 Å². The molecule has 106 valence electrons. The number of anilines is 1. The van der Waals surface area contributed by atoms with Crippen LogP contribution in [0.5, 0.6) is 0 Å². The van der Waals surface area contributed by atoms with E-state index in [0.717, 1.165) is 16.7 Å². The Morgan fingerprint density at radius 1 is 0.909 bits per heavy atom. The lowest BCUT2D eigenvalue weighted by Crippen LogP contribution is -2.03. The molecule has 1 aromatic carbocycles. The van der Waals surface area contributed by atoms with Crippen molar-refractivity contribution in [1.82, 2.24) is 0 Å². The highest BCUT2D eigenvalue weighted by molar-refractivity contribution is 6.35. The van der Waals surface area contributed by atoms with Crippen molar-refractivity contribution in [1.29, 1.82) is 0 Å². The molecule has 0 saturated heterocycles. The van der Waals surface area contributed by atoms with Crippen LogP contribution in [0.25, 0.3) is 22.8 Å². The monoisotopic (exact) mass is 289 g/mol. The van der Waals surface area contributed by atoms with Gasteiger partial charge < -0.3 is 5.32 Å². The minimum atomic E-state index is -0.347. The Labute approximate surface area is 127 Å². The summed E-state index contributed by atoms with van der Waals surface area (Å²) in [4.78, 5) is 12.2. The highest BCUT2D eigenvalue weighted by Crippen LogP contribution is 2.36. The summed E-state index contributed by atoms with van der Waals surface area (Å²) >= 11 is 0. The molecule has 3 heteroatoms. The summed E-state index contributed by atoms with van der Waals surface area (Å²) in [5.74, 6) is -0.546. The zero-order valence-corrected chi connectivity index (χ0v) is 11.6. The van der Waals surface area contributed by atoms with Gasteiger partial charge in [0.25, 0.3) is 5.91 Å². The van der Waals surface area contributed by atoms with Crippen LogP contribution < -0.4 is 5.32 Å². The first-order valence-electron chi connectivity index (χ1n) is 7.03. The predicted octanol–water partition coefficient (Wildman–Crippen LogP) is 4.42. The van der Waals surface area contributed by atoms with Crippen LogP contribution in [0.3, 0.4) is 0 Å². The Balaban J connectivity index is 1.87. The lowest BCUT2D eigenvalue weighted by Gasteiger charge is -2.00. The van der Waals surface area contributed by atoms with Gasteiger partial charge in [-0.1, -0.05) is 42.5 Å². The first kappa shape index (κ1) is 12.8. The largest absolute Gasteiger partial charge is 0.321 e. The van der Waals surface area contributed by atoms with Gasteiger partial charge in [0, 0.05) is 16.8 Å². The lowest BCUT2D eigenvalue weighted by atomic mass is 10.0. The fourth-order valence-corrected chi connectivity index (χ4v) is 2.82. The lowest BCUT2D eigenvalue weighted by molar-refractivity contribution is -0.110. The molecule has 1 N–H and O–H groups in total. The molecule has 0 unspecified atom stereocenters. The maximum Gasteiger partial charge on any atom is 0.256 e. The number of hydrogen-bond acceptors (Lipinski definition) is 1. The summed E-state index contributed by atoms with van der Waals surface area (Å²) in [6.45, 7) is 0. The molecule has 0 radical (unpaired) electrons. The second-order valence-electron chi connectivity index (χ2n) is 5.27. The van der Waals surface area contributed by atoms with E-state index < -0.39 is 0 Å². The van der Waals surface area contributed by atoms with Crippen molar-refractivity contribution in [3.05, 3.63) is 77.6 Å². The average molecular weight is 289 g/mol. The molecule has 2 aliphatic carbocycles. The Morgan fingerprint density at radius 3 is 2.68 bits per heavy atom. The second kappa shape index (κ2) is 4.81. The number of amides is 1. The molecule has 2 nitrogen and oxygen atoms in total. The Morgan fingerprint density at radius 2 is 1.77 bits per heavy atom. The molecule has 0 fully saturated rings. The van der Waals surface area contributed by atoms with Gasteiger partial charge in [0.05, 0.1) is 0 Å². The number of carbonyl (C=O) groups excluding carboxylic acids is 1. The van der Waals surface area contributed by atoms with Crippen molar-refractivity contribution in [3.63, 3.8) is 0 Å². The molecular weight excluding hydrogens is 277 g/mol. The highest BCUT2D eigenvalue weighted by Gasteiger charge is 2.25. The van der Waals surface area contributed by atoms with Gasteiger partial charge in [-0.2, -0.15) is 0 Å². The minimum absolute atomic E-state index is 0.199. The zero-order valence-electron chi connectivity index (χ0n) is 11.6. The van der Waals surface area contributed by atoms with Crippen molar-refractivity contribution < 1.29 is 9.18 Å². The van der Waals surface area contributed by atoms with Crippen molar-refractivity contribution in [2.75, 3.05) is 5.32 Å². The summed E-state index contributed by atoms with van der Waals surface area (Å²) in [6.07, 6.45) is 1.82. The van der Waals surface area contributed by atoms with Crippen LogP contribution in [0.4, 0.5) is 10.1 Å². The van der Waals surface area contributed by atoms with Crippen molar-refractivity contribution in [3.8, 4) is 11.1 Å². The van der Waals surface area contributed by atoms with Gasteiger partial charge in [0.15, 0.2) is 0 Å². The van der Waals surface area contributed by atoms with Crippen LogP contribution in [0.2, 0.25) is 0 Å². The van der Waals surface area contributed by atoms with Gasteiger partial charge in [0.1, 0.15) is 5.82 Å². The summed E-state index contributed by atoms with van der Waals surface area (Å²) in [5.41, 5.74) is 4.88. The molecule has 0 aromatic heterocycles. The summed E-state index contributed by atoms with van der Waals surface area (Å²) in [6, 6.07) is 18.3. The summed E-state index contributed by atoms with van der Waals surface area (Å²) in [5, 5.41) is 2.77. The number of rotatable bonds is 1. The number of carbonyl (C=O) groups is 1. The van der Waals surface area contributed by atoms with Gasteiger partial charge in [-0.05, 0) is 41.0 Å². The van der Waals surface area contributed by atoms with E-state index in [4.69, 9.17) is 0 Å². The van der Waals surface area contributed by atoms with Crippen molar-refractivity contribution in [2.24, 2.45) is 0 Å². The molecule has 0 spiro atoms. The number of hydrogen-bond donors (Lipinski definition) is 1. The maximum atomic E-state index is 13.5. The fourth-order valence-electron chi connectivity index (χ4n) is 2.82. The topological polar surface area (TPSA) is 29.1 Å². The van der Waals surface area contributed by atoms with Gasteiger partial charge in [-0.25, -0.2) is 4.39 Å². The molecule has 0 atom stereocenters. The molecule has 1 amide bonds. The van der Waals surface area contributed by atoms with E-state index in [1.54, 1.807) is 6.07 Å². The average Bonchev–Trinajstić information content (AvgIpc) is 2.91. The Hall–Kier alpha value is -2.94. The van der Waals surface area contributed by atoms with Crippen LogP contribution in [0.1, 0.15) is 11.1 Å². The fraction of sp³-hybridized carbons (Fsp3) is 0. The number of fused-ring (bicyclic) bond motifs is 2. The van der Waals surface area contributed by atoms with Crippen molar-refractivity contribution >= 4 is 23.2 Å². The first-order valence-corrected chi connectivity index (χ1v) is 7.03. The molecular formula is C19H12FNO. The molecule has 0 saturated carbocycles. The molecule has 3 aliphatic rings. The molecule has 0 bridgehead atoms. The number of halogens is 1. The van der Waals surface area contributed by atoms with Crippen LogP contribution in [0, 0.1) is 5.82 Å². The third kappa shape index (κ3) is 1.99. The van der Waals surface area contributed by atoms with Crippen LogP contribution in [-0.2, 0) is 4.79 Å². The standard InChI is InChI=1S/C19H12FNO/c20-14-8-9-18-16(11-14)17(19(22)21-18)10-13-7-6-12-4-2-1-3-5-15(12)13/h1-11H,(H,21,22). The van der Waals surface area contributed by atoms with Crippen molar-refractivity contribution in [2.45, 2.75) is 0 Å². The smallest absolute Gasteiger partial charge is 0.256 e. The normalized spacial score (nSPS) is 15.1. The van der Waals surface area contributed by atoms with Gasteiger partial charge in [-0.3, -0.25) is 4.79 Å². The van der Waals surface area contributed by atoms with Gasteiger partial charge >= 0.3 is 0 Å². The molecule has 1 aromatic rings. The second-order valence-corrected chi connectivity index (χ2v) is 5.27. The Kier molecular flexibility index (Phi) is 2.79. The predicted molar refractivity (Wildman–Crippen MR) is 86.0 cm³/mol. The summed E-state index contributed by atoms with van der Waals surface area (Å²) in [7, 11) is 0. The first-order chi connectivity index (χ1) is 10.7. The van der Waals surface area contributed by atoms with Crippen LogP contribution in [0.15, 0.2) is 60.7 Å². The quantitative estimate of drug-likeness (QED) is 0.660. The van der Waals surface area contributed by atoms with Crippen LogP contribution in [-0.4, -0.2) is 5.91 Å². The molecule has 1 aliphatic heterocycles. The maximum absolute atomic E-state index is 13.5. The molecule has 22 heavy (non-hydrogen) atoms. The zero-order chi connectivity index (χ0) is 15.1. The third-order valence-corrected chi connectivity index (χ3v) is 3.89. The molecule has 4 rings (SSSR count). The van der Waals surface area contributed by atoms with E-state index in [2.05, 4.69) is 5.32 Å². The minimum Gasteiger partial charge on any atom is -0.321 e. The van der Waals surface area contributed by atoms with E-state index in [-0.39, 0.29) is 11.7 Å². The van der Waals surface area contributed by atoms with E-state index in [1.807, 2.05) is 48.5 Å². The van der Waals surface area contributed by atoms with E-state index in [1.165, 1.54) is 12.1 Å². The third-order valence-electron chi connectivity index (χ3n) is 3.89. The van der Waals surface area contributed by atoms with E-state index in [9.17, 15) is 9.18 Å².